The van der Waals surface area contributed by atoms with Crippen molar-refractivity contribution >= 4 is 22.1 Å². The lowest BCUT2D eigenvalue weighted by atomic mass is 9.96. The summed E-state index contributed by atoms with van der Waals surface area (Å²) in [4.78, 5) is 28.3. The lowest BCUT2D eigenvalue weighted by molar-refractivity contribution is 0.240. The minimum absolute atomic E-state index is 0.103. The Morgan fingerprint density at radius 2 is 2.03 bits per heavy atom. The average molecular weight is 460 g/mol. The van der Waals surface area contributed by atoms with Crippen LogP contribution in [0.3, 0.4) is 0 Å². The zero-order valence-electron chi connectivity index (χ0n) is 19.4. The third-order valence-corrected chi connectivity index (χ3v) is 7.24. The fourth-order valence-corrected chi connectivity index (χ4v) is 5.54. The fourth-order valence-electron chi connectivity index (χ4n) is 4.70. The number of benzene rings is 1. The molecule has 1 aromatic carbocycles. The first kappa shape index (κ1) is 21.9. The molecule has 0 N–H and O–H groups in total. The van der Waals surface area contributed by atoms with E-state index in [1.165, 1.54) is 16.1 Å². The molecule has 0 aliphatic carbocycles. The third-order valence-electron chi connectivity index (χ3n) is 6.34. The summed E-state index contributed by atoms with van der Waals surface area (Å²) >= 11 is 1.76. The van der Waals surface area contributed by atoms with Crippen LogP contribution in [-0.4, -0.2) is 51.5 Å². The predicted octanol–water partition coefficient (Wildman–Crippen LogP) is 3.95. The van der Waals surface area contributed by atoms with Crippen LogP contribution in [-0.2, 0) is 26.1 Å². The lowest BCUT2D eigenvalue weighted by Crippen LogP contribution is -2.37. The molecule has 4 aromatic rings. The molecule has 0 bridgehead atoms. The summed E-state index contributed by atoms with van der Waals surface area (Å²) < 4.78 is 2.03. The molecule has 0 amide bonds. The molecule has 1 aliphatic heterocycles. The minimum Gasteiger partial charge on any atom is -0.310 e. The van der Waals surface area contributed by atoms with Crippen LogP contribution in [0.1, 0.15) is 21.1 Å². The van der Waals surface area contributed by atoms with Gasteiger partial charge in [-0.15, -0.1) is 11.3 Å². The first-order chi connectivity index (χ1) is 16.0. The van der Waals surface area contributed by atoms with Crippen molar-refractivity contribution in [2.24, 2.45) is 0 Å². The number of aromatic nitrogens is 3. The molecule has 33 heavy (non-hydrogen) atoms. The number of hydrogen-bond acceptors (Lipinski definition) is 6. The normalized spacial score (nSPS) is 14.2. The maximum atomic E-state index is 13.8. The maximum Gasteiger partial charge on any atom is 0.258 e. The van der Waals surface area contributed by atoms with E-state index in [-0.39, 0.29) is 5.56 Å². The van der Waals surface area contributed by atoms with E-state index in [9.17, 15) is 4.79 Å². The van der Waals surface area contributed by atoms with Gasteiger partial charge in [-0.3, -0.25) is 14.7 Å². The largest absolute Gasteiger partial charge is 0.310 e. The second kappa shape index (κ2) is 9.17. The molecule has 0 spiro atoms. The molecule has 1 aliphatic rings. The van der Waals surface area contributed by atoms with Crippen LogP contribution in [0.25, 0.3) is 21.9 Å². The van der Waals surface area contributed by atoms with Gasteiger partial charge in [-0.05, 0) is 49.7 Å². The van der Waals surface area contributed by atoms with Gasteiger partial charge in [0.15, 0.2) is 0 Å². The topological polar surface area (TPSA) is 54.3 Å². The van der Waals surface area contributed by atoms with Gasteiger partial charge in [-0.25, -0.2) is 4.98 Å². The van der Waals surface area contributed by atoms with Crippen molar-refractivity contribution in [2.75, 3.05) is 27.2 Å². The molecule has 0 unspecified atom stereocenters. The van der Waals surface area contributed by atoms with E-state index in [2.05, 4.69) is 52.9 Å². The summed E-state index contributed by atoms with van der Waals surface area (Å²) in [5, 5.41) is 3.22. The van der Waals surface area contributed by atoms with Crippen molar-refractivity contribution in [3.63, 3.8) is 0 Å². The van der Waals surface area contributed by atoms with Gasteiger partial charge in [0.1, 0.15) is 0 Å². The van der Waals surface area contributed by atoms with Crippen molar-refractivity contribution in [1.29, 1.82) is 0 Å². The van der Waals surface area contributed by atoms with Crippen molar-refractivity contribution < 1.29 is 0 Å². The van der Waals surface area contributed by atoms with Crippen LogP contribution in [0, 0.1) is 6.92 Å². The SMILES string of the molecule is Cc1ncc(CN2CCc3c(cc(-c4cccc5cnccc45)c(=O)n3CCN(C)C)C2)s1. The number of nitrogens with zero attached hydrogens (tertiary/aromatic N) is 5. The Hall–Kier alpha value is -2.87. The summed E-state index contributed by atoms with van der Waals surface area (Å²) in [5.74, 6) is 0. The number of hydrogen-bond donors (Lipinski definition) is 0. The lowest BCUT2D eigenvalue weighted by Gasteiger charge is -2.31. The Morgan fingerprint density at radius 1 is 1.15 bits per heavy atom. The van der Waals surface area contributed by atoms with E-state index in [4.69, 9.17) is 0 Å². The van der Waals surface area contributed by atoms with Crippen LogP contribution in [0.4, 0.5) is 0 Å². The van der Waals surface area contributed by atoms with Crippen LogP contribution in [0.2, 0.25) is 0 Å². The molecule has 0 fully saturated rings. The highest BCUT2D eigenvalue weighted by molar-refractivity contribution is 7.11. The van der Waals surface area contributed by atoms with E-state index < -0.39 is 0 Å². The number of pyridine rings is 2. The maximum absolute atomic E-state index is 13.8. The molecule has 5 rings (SSSR count). The molecular weight excluding hydrogens is 430 g/mol. The molecule has 6 nitrogen and oxygen atoms in total. The van der Waals surface area contributed by atoms with Gasteiger partial charge >= 0.3 is 0 Å². The highest BCUT2D eigenvalue weighted by Gasteiger charge is 2.23. The van der Waals surface area contributed by atoms with Gasteiger partial charge in [0.2, 0.25) is 0 Å². The van der Waals surface area contributed by atoms with E-state index in [1.54, 1.807) is 17.5 Å². The monoisotopic (exact) mass is 459 g/mol. The third kappa shape index (κ3) is 4.49. The number of rotatable bonds is 6. The summed E-state index contributed by atoms with van der Waals surface area (Å²) in [5.41, 5.74) is 4.30. The van der Waals surface area contributed by atoms with Gasteiger partial charge in [-0.1, -0.05) is 18.2 Å². The second-order valence-corrected chi connectivity index (χ2v) is 10.3. The van der Waals surface area contributed by atoms with Crippen molar-refractivity contribution in [3.05, 3.63) is 80.4 Å². The summed E-state index contributed by atoms with van der Waals surface area (Å²) in [6.45, 7) is 6.27. The van der Waals surface area contributed by atoms with Crippen LogP contribution < -0.4 is 5.56 Å². The Bertz CT molecular complexity index is 1350. The molecule has 170 valence electrons. The van der Waals surface area contributed by atoms with E-state index in [1.807, 2.05) is 35.2 Å². The van der Waals surface area contributed by atoms with Gasteiger partial charge in [0.05, 0.1) is 5.01 Å². The Kier molecular flexibility index (Phi) is 6.10. The second-order valence-electron chi connectivity index (χ2n) is 9.00. The highest BCUT2D eigenvalue weighted by atomic mass is 32.1. The number of likely N-dealkylation sites (N-methyl/N-ethyl adjacent to an activating group) is 1. The molecule has 4 heterocycles. The summed E-state index contributed by atoms with van der Waals surface area (Å²) in [6.07, 6.45) is 6.53. The van der Waals surface area contributed by atoms with Crippen molar-refractivity contribution in [2.45, 2.75) is 33.0 Å². The van der Waals surface area contributed by atoms with Crippen LogP contribution in [0.5, 0.6) is 0 Å². The molecule has 0 saturated heterocycles. The number of thiazole rings is 1. The molecule has 3 aromatic heterocycles. The number of fused-ring (bicyclic) bond motifs is 2. The molecule has 0 atom stereocenters. The van der Waals surface area contributed by atoms with Crippen LogP contribution in [0.15, 0.2) is 53.7 Å². The predicted molar refractivity (Wildman–Crippen MR) is 135 cm³/mol. The Balaban J connectivity index is 1.59. The first-order valence-electron chi connectivity index (χ1n) is 11.4. The smallest absolute Gasteiger partial charge is 0.258 e. The number of aryl methyl sites for hydroxylation is 1. The standard InChI is InChI=1S/C26H29N5OS/c1-18-28-15-21(33-18)17-30-10-8-25-20(16-30)13-24(26(32)31(25)12-11-29(2)3)23-6-4-5-19-14-27-9-7-22(19)23/h4-7,9,13-15H,8,10-12,16-17H2,1-3H3. The quantitative estimate of drug-likeness (QED) is 0.437. The molecule has 0 radical (unpaired) electrons. The zero-order chi connectivity index (χ0) is 22.9. The average Bonchev–Trinajstić information content (AvgIpc) is 3.22. The van der Waals surface area contributed by atoms with Gasteiger partial charge < -0.3 is 9.47 Å². The van der Waals surface area contributed by atoms with Gasteiger partial charge in [0, 0.05) is 79.3 Å². The van der Waals surface area contributed by atoms with Crippen molar-refractivity contribution in [1.82, 2.24) is 24.3 Å². The van der Waals surface area contributed by atoms with Gasteiger partial charge in [0.25, 0.3) is 5.56 Å². The minimum atomic E-state index is 0.103. The molecular formula is C26H29N5OS. The molecule has 0 saturated carbocycles. The van der Waals surface area contributed by atoms with E-state index >= 15 is 0 Å². The van der Waals surface area contributed by atoms with E-state index in [0.29, 0.717) is 6.54 Å². The molecule has 7 heteroatoms. The highest BCUT2D eigenvalue weighted by Crippen LogP contribution is 2.29. The Morgan fingerprint density at radius 3 is 2.82 bits per heavy atom. The summed E-state index contributed by atoms with van der Waals surface area (Å²) in [7, 11) is 4.11. The van der Waals surface area contributed by atoms with Gasteiger partial charge in [-0.2, -0.15) is 0 Å². The first-order valence-corrected chi connectivity index (χ1v) is 12.2. The van der Waals surface area contributed by atoms with Crippen molar-refractivity contribution in [3.8, 4) is 11.1 Å². The zero-order valence-corrected chi connectivity index (χ0v) is 20.2. The summed E-state index contributed by atoms with van der Waals surface area (Å²) in [6, 6.07) is 10.3. The van der Waals surface area contributed by atoms with E-state index in [0.717, 1.165) is 59.5 Å². The van der Waals surface area contributed by atoms with Crippen LogP contribution >= 0.6 is 11.3 Å². The fraction of sp³-hybridized carbons (Fsp3) is 0.346. The Labute approximate surface area is 198 Å².